The molecule has 2 aliphatic rings. The van der Waals surface area contributed by atoms with Crippen LogP contribution >= 0.6 is 0 Å². The van der Waals surface area contributed by atoms with Gasteiger partial charge >= 0.3 is 6.03 Å². The number of methoxy groups -OCH3 is 1. The number of urea groups is 1. The molecule has 162 valence electrons. The van der Waals surface area contributed by atoms with Gasteiger partial charge in [-0.1, -0.05) is 0 Å². The van der Waals surface area contributed by atoms with Crippen molar-refractivity contribution in [2.45, 2.75) is 25.0 Å². The molecule has 1 atom stereocenters. The van der Waals surface area contributed by atoms with Crippen LogP contribution < -0.4 is 10.2 Å². The molecule has 31 heavy (non-hydrogen) atoms. The number of anilines is 2. The van der Waals surface area contributed by atoms with Gasteiger partial charge in [-0.15, -0.1) is 5.10 Å². The number of carbonyl (C=O) groups is 1. The second kappa shape index (κ2) is 7.77. The van der Waals surface area contributed by atoms with Crippen molar-refractivity contribution >= 4 is 23.3 Å². The van der Waals surface area contributed by atoms with Gasteiger partial charge in [0.25, 0.3) is 0 Å². The zero-order valence-corrected chi connectivity index (χ0v) is 17.0. The quantitative estimate of drug-likeness (QED) is 0.691. The van der Waals surface area contributed by atoms with Gasteiger partial charge in [-0.05, 0) is 37.1 Å². The van der Waals surface area contributed by atoms with Gasteiger partial charge in [-0.3, -0.25) is 5.32 Å². The van der Waals surface area contributed by atoms with Crippen LogP contribution in [0.25, 0.3) is 5.65 Å². The Hall–Kier alpha value is -3.27. The van der Waals surface area contributed by atoms with Crippen LogP contribution in [0.3, 0.4) is 0 Å². The van der Waals surface area contributed by atoms with Crippen LogP contribution in [0.1, 0.15) is 24.4 Å². The Morgan fingerprint density at radius 1 is 1.23 bits per heavy atom. The lowest BCUT2D eigenvalue weighted by Gasteiger charge is -2.37. The molecule has 0 spiro atoms. The third-order valence-electron chi connectivity index (χ3n) is 5.88. The number of rotatable bonds is 4. The predicted octanol–water partition coefficient (Wildman–Crippen LogP) is 3.21. The summed E-state index contributed by atoms with van der Waals surface area (Å²) in [4.78, 5) is 20.5. The van der Waals surface area contributed by atoms with E-state index in [1.54, 1.807) is 34.9 Å². The lowest BCUT2D eigenvalue weighted by Crippen LogP contribution is -2.55. The molecule has 0 radical (unpaired) electrons. The van der Waals surface area contributed by atoms with Crippen molar-refractivity contribution in [3.8, 4) is 0 Å². The molecule has 2 saturated heterocycles. The minimum atomic E-state index is -0.457. The second-order valence-corrected chi connectivity index (χ2v) is 7.83. The smallest absolute Gasteiger partial charge is 0.323 e. The second-order valence-electron chi connectivity index (χ2n) is 7.83. The van der Waals surface area contributed by atoms with Crippen LogP contribution in [0.4, 0.5) is 25.2 Å². The van der Waals surface area contributed by atoms with Crippen LogP contribution in [0.2, 0.25) is 0 Å². The van der Waals surface area contributed by atoms with Crippen molar-refractivity contribution in [3.05, 3.63) is 53.7 Å². The fourth-order valence-corrected chi connectivity index (χ4v) is 4.17. The Labute approximate surface area is 177 Å². The highest BCUT2D eigenvalue weighted by Crippen LogP contribution is 2.36. The summed E-state index contributed by atoms with van der Waals surface area (Å²) in [7, 11) is 1.62. The largest absolute Gasteiger partial charge is 0.378 e. The number of aromatic nitrogens is 3. The van der Waals surface area contributed by atoms with E-state index >= 15 is 0 Å². The zero-order valence-electron chi connectivity index (χ0n) is 17.0. The lowest BCUT2D eigenvalue weighted by molar-refractivity contribution is -0.00467. The summed E-state index contributed by atoms with van der Waals surface area (Å²) in [6, 6.07) is 6.50. The fraction of sp³-hybridized carbons (Fsp3) is 0.381. The van der Waals surface area contributed by atoms with Crippen molar-refractivity contribution in [2.75, 3.05) is 37.0 Å². The van der Waals surface area contributed by atoms with Crippen LogP contribution in [0, 0.1) is 11.6 Å². The highest BCUT2D eigenvalue weighted by atomic mass is 19.1. The molecule has 5 rings (SSSR count). The minimum absolute atomic E-state index is 0.0763. The molecular weight excluding hydrogens is 406 g/mol. The molecule has 0 unspecified atom stereocenters. The molecule has 2 amide bonds. The molecule has 2 aromatic heterocycles. The monoisotopic (exact) mass is 428 g/mol. The number of ether oxygens (including phenoxy) is 1. The highest BCUT2D eigenvalue weighted by molar-refractivity contribution is 5.89. The number of carbonyl (C=O) groups excluding carboxylic acids is 1. The minimum Gasteiger partial charge on any atom is -0.378 e. The summed E-state index contributed by atoms with van der Waals surface area (Å²) >= 11 is 0. The van der Waals surface area contributed by atoms with Gasteiger partial charge < -0.3 is 14.5 Å². The molecule has 1 N–H and O–H groups in total. The van der Waals surface area contributed by atoms with Crippen molar-refractivity contribution < 1.29 is 18.3 Å². The number of likely N-dealkylation sites (tertiary alicyclic amines) is 1. The number of nitrogens with zero attached hydrogens (tertiary/aromatic N) is 5. The standard InChI is InChI=1S/C21H22F2N6O2/c1-31-14-11-27(12-14)21(30)24-18-10-20-25-19(6-8-29(20)26-18)28-7-2-3-17(28)15-9-13(22)4-5-16(15)23/h4-6,8-10,14,17H,2-3,7,11-12H2,1H3,(H,24,26,30)/t17-/m1/s1. The van der Waals surface area contributed by atoms with Crippen molar-refractivity contribution in [1.29, 1.82) is 0 Å². The van der Waals surface area contributed by atoms with Gasteiger partial charge in [-0.25, -0.2) is 23.1 Å². The number of halogens is 2. The Balaban J connectivity index is 1.36. The predicted molar refractivity (Wildman–Crippen MR) is 110 cm³/mol. The molecular formula is C21H22F2N6O2. The first kappa shape index (κ1) is 19.7. The van der Waals surface area contributed by atoms with E-state index in [1.165, 1.54) is 6.07 Å². The van der Waals surface area contributed by atoms with Crippen molar-refractivity contribution in [2.24, 2.45) is 0 Å². The molecule has 2 aliphatic heterocycles. The molecule has 8 nitrogen and oxygen atoms in total. The van der Waals surface area contributed by atoms with Gasteiger partial charge in [0.05, 0.1) is 25.2 Å². The van der Waals surface area contributed by atoms with Crippen LogP contribution in [0.5, 0.6) is 0 Å². The summed E-state index contributed by atoms with van der Waals surface area (Å²) in [5, 5.41) is 7.11. The summed E-state index contributed by atoms with van der Waals surface area (Å²) in [5.74, 6) is 0.170. The average Bonchev–Trinajstić information content (AvgIpc) is 3.34. The third kappa shape index (κ3) is 3.67. The van der Waals surface area contributed by atoms with Crippen LogP contribution in [0.15, 0.2) is 36.5 Å². The van der Waals surface area contributed by atoms with E-state index in [0.717, 1.165) is 18.6 Å². The van der Waals surface area contributed by atoms with E-state index in [2.05, 4.69) is 15.4 Å². The SMILES string of the molecule is COC1CN(C(=O)Nc2cc3nc(N4CCC[C@@H]4c4cc(F)ccc4F)ccn3n2)C1. The topological polar surface area (TPSA) is 75.0 Å². The van der Waals surface area contributed by atoms with Crippen LogP contribution in [-0.4, -0.2) is 58.4 Å². The number of amides is 2. The van der Waals surface area contributed by atoms with Gasteiger partial charge in [0.15, 0.2) is 11.5 Å². The molecule has 0 aliphatic carbocycles. The Kier molecular flexibility index (Phi) is 4.93. The summed E-state index contributed by atoms with van der Waals surface area (Å²) in [6.07, 6.45) is 3.39. The summed E-state index contributed by atoms with van der Waals surface area (Å²) in [5.41, 5.74) is 0.890. The molecule has 10 heteroatoms. The number of benzene rings is 1. The van der Waals surface area contributed by atoms with Gasteiger partial charge in [0.2, 0.25) is 0 Å². The maximum Gasteiger partial charge on any atom is 0.323 e. The molecule has 1 aromatic carbocycles. The van der Waals surface area contributed by atoms with Gasteiger partial charge in [0.1, 0.15) is 17.5 Å². The van der Waals surface area contributed by atoms with E-state index in [9.17, 15) is 13.6 Å². The van der Waals surface area contributed by atoms with E-state index < -0.39 is 11.6 Å². The molecule has 0 bridgehead atoms. The molecule has 3 aromatic rings. The third-order valence-corrected chi connectivity index (χ3v) is 5.88. The molecule has 2 fully saturated rings. The summed E-state index contributed by atoms with van der Waals surface area (Å²) in [6.45, 7) is 1.79. The number of hydrogen-bond donors (Lipinski definition) is 1. The normalized spacial score (nSPS) is 19.1. The van der Waals surface area contributed by atoms with E-state index in [4.69, 9.17) is 4.74 Å². The Bertz CT molecular complexity index is 1130. The van der Waals surface area contributed by atoms with E-state index in [1.807, 2.05) is 4.90 Å². The maximum absolute atomic E-state index is 14.4. The lowest BCUT2D eigenvalue weighted by atomic mass is 10.0. The highest BCUT2D eigenvalue weighted by Gasteiger charge is 2.31. The first-order chi connectivity index (χ1) is 15.0. The van der Waals surface area contributed by atoms with E-state index in [-0.39, 0.29) is 18.2 Å². The van der Waals surface area contributed by atoms with Crippen molar-refractivity contribution in [1.82, 2.24) is 19.5 Å². The first-order valence-corrected chi connectivity index (χ1v) is 10.2. The Morgan fingerprint density at radius 3 is 2.87 bits per heavy atom. The summed E-state index contributed by atoms with van der Waals surface area (Å²) < 4.78 is 34.8. The maximum atomic E-state index is 14.4. The first-order valence-electron chi connectivity index (χ1n) is 10.2. The van der Waals surface area contributed by atoms with Crippen LogP contribution in [-0.2, 0) is 4.74 Å². The van der Waals surface area contributed by atoms with E-state index in [0.29, 0.717) is 48.9 Å². The number of nitrogens with one attached hydrogen (secondary N) is 1. The zero-order chi connectivity index (χ0) is 21.5. The number of hydrogen-bond acceptors (Lipinski definition) is 5. The molecule has 0 saturated carbocycles. The van der Waals surface area contributed by atoms with Gasteiger partial charge in [0, 0.05) is 31.5 Å². The molecule has 4 heterocycles. The number of fused-ring (bicyclic) bond motifs is 1. The Morgan fingerprint density at radius 2 is 2.06 bits per heavy atom. The van der Waals surface area contributed by atoms with Gasteiger partial charge in [-0.2, -0.15) is 0 Å². The average molecular weight is 428 g/mol. The van der Waals surface area contributed by atoms with Crippen molar-refractivity contribution in [3.63, 3.8) is 0 Å². The fourth-order valence-electron chi connectivity index (χ4n) is 4.17.